The molecule has 3 amide bonds. The molecule has 0 unspecified atom stereocenters. The molecule has 0 bridgehead atoms. The number of carbonyl (C=O) groups excluding carboxylic acids is 2. The Morgan fingerprint density at radius 2 is 1.92 bits per heavy atom. The normalized spacial score (nSPS) is 18.7. The molecule has 2 atom stereocenters. The smallest absolute Gasteiger partial charge is 0.316 e. The van der Waals surface area contributed by atoms with Crippen LogP contribution in [0.5, 0.6) is 0 Å². The highest BCUT2D eigenvalue weighted by Crippen LogP contribution is 2.47. The molecular weight excluding hydrogens is 326 g/mol. The van der Waals surface area contributed by atoms with Gasteiger partial charge in [-0.15, -0.1) is 0 Å². The quantitative estimate of drug-likeness (QED) is 0.778. The Morgan fingerprint density at radius 1 is 1.17 bits per heavy atom. The van der Waals surface area contributed by atoms with Crippen molar-refractivity contribution in [3.8, 4) is 0 Å². The van der Waals surface area contributed by atoms with Crippen molar-refractivity contribution in [3.63, 3.8) is 0 Å². The molecule has 0 radical (unpaired) electrons. The zero-order chi connectivity index (χ0) is 17.1. The van der Waals surface area contributed by atoms with Crippen LogP contribution >= 0.6 is 11.6 Å². The van der Waals surface area contributed by atoms with Gasteiger partial charge in [-0.3, -0.25) is 4.79 Å². The molecule has 1 fully saturated rings. The number of nitrogens with two attached hydrogens (primary N) is 1. The number of amides is 3. The molecule has 2 aromatic rings. The van der Waals surface area contributed by atoms with Gasteiger partial charge in [-0.2, -0.15) is 0 Å². The fourth-order valence-electron chi connectivity index (χ4n) is 2.78. The molecule has 5 nitrogen and oxygen atoms in total. The Labute approximate surface area is 145 Å². The third kappa shape index (κ3) is 4.06. The summed E-state index contributed by atoms with van der Waals surface area (Å²) in [5.74, 6) is 0.325. The maximum absolute atomic E-state index is 12.3. The SMILES string of the molecule is NC(=O)Nc1cccc(CNC(=O)[C@@H]2C[C@@H]2c2ccc(Cl)cc2)c1. The number of hydrogen-bond donors (Lipinski definition) is 3. The molecular formula is C18H18ClN3O2. The summed E-state index contributed by atoms with van der Waals surface area (Å²) in [7, 11) is 0. The van der Waals surface area contributed by atoms with E-state index in [1.54, 1.807) is 18.2 Å². The predicted molar refractivity (Wildman–Crippen MR) is 93.8 cm³/mol. The highest BCUT2D eigenvalue weighted by molar-refractivity contribution is 6.30. The first kappa shape index (κ1) is 16.3. The van der Waals surface area contributed by atoms with Crippen molar-refractivity contribution in [2.24, 2.45) is 11.7 Å². The monoisotopic (exact) mass is 343 g/mol. The predicted octanol–water partition coefficient (Wildman–Crippen LogP) is 3.25. The standard InChI is InChI=1S/C18H18ClN3O2/c19-13-6-4-12(5-7-13)15-9-16(15)17(23)21-10-11-2-1-3-14(8-11)22-18(20)24/h1-8,15-16H,9-10H2,(H,21,23)(H3,20,22,24)/t15-,16-/m1/s1. The molecule has 124 valence electrons. The first-order valence-corrected chi connectivity index (χ1v) is 8.09. The van der Waals surface area contributed by atoms with Crippen molar-refractivity contribution in [3.05, 3.63) is 64.7 Å². The second-order valence-electron chi connectivity index (χ2n) is 5.91. The van der Waals surface area contributed by atoms with E-state index in [0.717, 1.165) is 17.5 Å². The minimum absolute atomic E-state index is 0.0121. The number of primary amides is 1. The highest BCUT2D eigenvalue weighted by atomic mass is 35.5. The second kappa shape index (κ2) is 6.93. The summed E-state index contributed by atoms with van der Waals surface area (Å²) < 4.78 is 0. The number of anilines is 1. The van der Waals surface area contributed by atoms with Gasteiger partial charge in [-0.1, -0.05) is 35.9 Å². The molecule has 0 aliphatic heterocycles. The van der Waals surface area contributed by atoms with E-state index in [9.17, 15) is 9.59 Å². The van der Waals surface area contributed by atoms with Crippen LogP contribution in [-0.2, 0) is 11.3 Å². The van der Waals surface area contributed by atoms with E-state index in [1.165, 1.54) is 0 Å². The first-order chi connectivity index (χ1) is 11.5. The second-order valence-corrected chi connectivity index (χ2v) is 6.34. The lowest BCUT2D eigenvalue weighted by Gasteiger charge is -2.08. The number of carbonyl (C=O) groups is 2. The lowest BCUT2D eigenvalue weighted by atomic mass is 10.1. The lowest BCUT2D eigenvalue weighted by molar-refractivity contribution is -0.122. The van der Waals surface area contributed by atoms with E-state index in [0.29, 0.717) is 17.3 Å². The topological polar surface area (TPSA) is 84.2 Å². The van der Waals surface area contributed by atoms with Gasteiger partial charge >= 0.3 is 6.03 Å². The number of nitrogens with one attached hydrogen (secondary N) is 2. The van der Waals surface area contributed by atoms with Gasteiger partial charge in [-0.05, 0) is 47.7 Å². The number of halogens is 1. The van der Waals surface area contributed by atoms with Crippen molar-refractivity contribution >= 4 is 29.2 Å². The molecule has 24 heavy (non-hydrogen) atoms. The van der Waals surface area contributed by atoms with Gasteiger partial charge in [0, 0.05) is 23.2 Å². The van der Waals surface area contributed by atoms with Crippen LogP contribution < -0.4 is 16.4 Å². The van der Waals surface area contributed by atoms with Crippen LogP contribution in [0.1, 0.15) is 23.5 Å². The Hall–Kier alpha value is -2.53. The Balaban J connectivity index is 1.53. The maximum atomic E-state index is 12.3. The molecule has 4 N–H and O–H groups in total. The van der Waals surface area contributed by atoms with E-state index in [1.807, 2.05) is 30.3 Å². The van der Waals surface area contributed by atoms with Gasteiger partial charge in [0.15, 0.2) is 0 Å². The van der Waals surface area contributed by atoms with Gasteiger partial charge in [0.25, 0.3) is 0 Å². The van der Waals surface area contributed by atoms with Crippen LogP contribution in [0.25, 0.3) is 0 Å². The summed E-state index contributed by atoms with van der Waals surface area (Å²) in [6, 6.07) is 14.2. The first-order valence-electron chi connectivity index (χ1n) is 7.71. The van der Waals surface area contributed by atoms with Crippen LogP contribution in [0.2, 0.25) is 5.02 Å². The van der Waals surface area contributed by atoms with Crippen LogP contribution in [0.3, 0.4) is 0 Å². The molecule has 1 aliphatic rings. The van der Waals surface area contributed by atoms with Crippen molar-refractivity contribution in [2.45, 2.75) is 18.9 Å². The molecule has 1 aliphatic carbocycles. The zero-order valence-electron chi connectivity index (χ0n) is 13.0. The summed E-state index contributed by atoms with van der Waals surface area (Å²) in [5.41, 5.74) is 7.75. The van der Waals surface area contributed by atoms with E-state index in [-0.39, 0.29) is 17.7 Å². The largest absolute Gasteiger partial charge is 0.352 e. The summed E-state index contributed by atoms with van der Waals surface area (Å²) >= 11 is 5.88. The molecule has 1 saturated carbocycles. The number of benzene rings is 2. The molecule has 0 heterocycles. The molecule has 6 heteroatoms. The third-order valence-corrected chi connectivity index (χ3v) is 4.34. The van der Waals surface area contributed by atoms with E-state index in [2.05, 4.69) is 10.6 Å². The molecule has 2 aromatic carbocycles. The molecule has 3 rings (SSSR count). The molecule has 0 saturated heterocycles. The van der Waals surface area contributed by atoms with Gasteiger partial charge in [0.05, 0.1) is 0 Å². The number of hydrogen-bond acceptors (Lipinski definition) is 2. The van der Waals surface area contributed by atoms with Gasteiger partial charge < -0.3 is 16.4 Å². The average molecular weight is 344 g/mol. The van der Waals surface area contributed by atoms with Gasteiger partial charge in [0.2, 0.25) is 5.91 Å². The van der Waals surface area contributed by atoms with Crippen molar-refractivity contribution in [2.75, 3.05) is 5.32 Å². The van der Waals surface area contributed by atoms with Gasteiger partial charge in [-0.25, -0.2) is 4.79 Å². The zero-order valence-corrected chi connectivity index (χ0v) is 13.7. The third-order valence-electron chi connectivity index (χ3n) is 4.09. The average Bonchev–Trinajstić information content (AvgIpc) is 3.34. The van der Waals surface area contributed by atoms with Crippen molar-refractivity contribution < 1.29 is 9.59 Å². The summed E-state index contributed by atoms with van der Waals surface area (Å²) in [4.78, 5) is 23.1. The fourth-order valence-corrected chi connectivity index (χ4v) is 2.91. The van der Waals surface area contributed by atoms with Crippen LogP contribution in [0.4, 0.5) is 10.5 Å². The van der Waals surface area contributed by atoms with Crippen LogP contribution in [0.15, 0.2) is 48.5 Å². The Kier molecular flexibility index (Phi) is 4.71. The van der Waals surface area contributed by atoms with Crippen LogP contribution in [0, 0.1) is 5.92 Å². The minimum atomic E-state index is -0.611. The summed E-state index contributed by atoms with van der Waals surface area (Å²) in [6.45, 7) is 0.414. The number of urea groups is 1. The summed E-state index contributed by atoms with van der Waals surface area (Å²) in [5, 5.41) is 6.16. The van der Waals surface area contributed by atoms with E-state index in [4.69, 9.17) is 17.3 Å². The van der Waals surface area contributed by atoms with Crippen molar-refractivity contribution in [1.82, 2.24) is 5.32 Å². The van der Waals surface area contributed by atoms with Crippen LogP contribution in [-0.4, -0.2) is 11.9 Å². The molecule has 0 spiro atoms. The highest BCUT2D eigenvalue weighted by Gasteiger charge is 2.43. The Morgan fingerprint density at radius 3 is 2.62 bits per heavy atom. The minimum Gasteiger partial charge on any atom is -0.352 e. The van der Waals surface area contributed by atoms with E-state index < -0.39 is 6.03 Å². The summed E-state index contributed by atoms with van der Waals surface area (Å²) in [6.07, 6.45) is 0.858. The van der Waals surface area contributed by atoms with Gasteiger partial charge in [0.1, 0.15) is 0 Å². The Bertz CT molecular complexity index is 761. The molecule has 0 aromatic heterocycles. The van der Waals surface area contributed by atoms with E-state index >= 15 is 0 Å². The maximum Gasteiger partial charge on any atom is 0.316 e. The van der Waals surface area contributed by atoms with Crippen molar-refractivity contribution in [1.29, 1.82) is 0 Å². The lowest BCUT2D eigenvalue weighted by Crippen LogP contribution is -2.25. The fraction of sp³-hybridized carbons (Fsp3) is 0.222. The number of rotatable bonds is 5.